The zero-order chi connectivity index (χ0) is 15.5. The van der Waals surface area contributed by atoms with Crippen molar-refractivity contribution >= 4 is 21.4 Å². The van der Waals surface area contributed by atoms with Crippen molar-refractivity contribution in [1.82, 2.24) is 0 Å². The van der Waals surface area contributed by atoms with Crippen LogP contribution >= 0.6 is 11.3 Å². The molecular formula is C20H31NS. The van der Waals surface area contributed by atoms with Crippen LogP contribution in [0.15, 0.2) is 29.6 Å². The third-order valence-corrected chi connectivity index (χ3v) is 5.47. The second-order valence-corrected chi connectivity index (χ2v) is 7.24. The summed E-state index contributed by atoms with van der Waals surface area (Å²) >= 11 is 1.89. The van der Waals surface area contributed by atoms with Crippen LogP contribution in [0.25, 0.3) is 10.1 Å². The number of thiophene rings is 1. The van der Waals surface area contributed by atoms with Gasteiger partial charge in [0.05, 0.1) is 0 Å². The maximum atomic E-state index is 5.50. The highest BCUT2D eigenvalue weighted by Crippen LogP contribution is 2.27. The van der Waals surface area contributed by atoms with Gasteiger partial charge < -0.3 is 5.73 Å². The van der Waals surface area contributed by atoms with E-state index in [9.17, 15) is 0 Å². The van der Waals surface area contributed by atoms with Crippen LogP contribution in [0.4, 0.5) is 0 Å². The predicted molar refractivity (Wildman–Crippen MR) is 101 cm³/mol. The van der Waals surface area contributed by atoms with Gasteiger partial charge in [-0.3, -0.25) is 0 Å². The van der Waals surface area contributed by atoms with Crippen molar-refractivity contribution in [3.05, 3.63) is 35.2 Å². The first-order chi connectivity index (χ1) is 10.9. The Labute approximate surface area is 139 Å². The Kier molecular flexibility index (Phi) is 8.59. The zero-order valence-corrected chi connectivity index (χ0v) is 14.7. The van der Waals surface area contributed by atoms with E-state index < -0.39 is 0 Å². The normalized spacial score (nSPS) is 11.3. The quantitative estimate of drug-likeness (QED) is 0.456. The monoisotopic (exact) mass is 317 g/mol. The fraction of sp³-hybridized carbons (Fsp3) is 0.600. The van der Waals surface area contributed by atoms with Crippen LogP contribution in [0.3, 0.4) is 0 Å². The summed E-state index contributed by atoms with van der Waals surface area (Å²) in [6.07, 6.45) is 15.0. The maximum Gasteiger partial charge on any atom is 0.0345 e. The first kappa shape index (κ1) is 17.5. The van der Waals surface area contributed by atoms with Crippen LogP contribution in [0.1, 0.15) is 69.8 Å². The smallest absolute Gasteiger partial charge is 0.0345 e. The molecule has 0 saturated carbocycles. The Balaban J connectivity index is 1.48. The minimum atomic E-state index is 0.861. The number of benzene rings is 1. The summed E-state index contributed by atoms with van der Waals surface area (Å²) in [5, 5.41) is 3.83. The van der Waals surface area contributed by atoms with Crippen LogP contribution in [0.5, 0.6) is 0 Å². The average molecular weight is 318 g/mol. The molecule has 0 atom stereocenters. The van der Waals surface area contributed by atoms with Crippen LogP contribution in [0, 0.1) is 0 Å². The van der Waals surface area contributed by atoms with Gasteiger partial charge in [0, 0.05) is 4.70 Å². The van der Waals surface area contributed by atoms with Crippen molar-refractivity contribution in [3.8, 4) is 0 Å². The molecule has 0 aliphatic rings. The second kappa shape index (κ2) is 10.8. The van der Waals surface area contributed by atoms with E-state index in [2.05, 4.69) is 29.6 Å². The molecule has 2 heteroatoms. The second-order valence-electron chi connectivity index (χ2n) is 6.33. The van der Waals surface area contributed by atoms with Gasteiger partial charge in [0.2, 0.25) is 0 Å². The van der Waals surface area contributed by atoms with E-state index >= 15 is 0 Å². The molecule has 2 N–H and O–H groups in total. The van der Waals surface area contributed by atoms with E-state index in [1.165, 1.54) is 80.7 Å². The van der Waals surface area contributed by atoms with E-state index in [0.29, 0.717) is 0 Å². The third-order valence-electron chi connectivity index (χ3n) is 4.46. The maximum absolute atomic E-state index is 5.50. The summed E-state index contributed by atoms with van der Waals surface area (Å²) in [4.78, 5) is 0. The molecule has 0 radical (unpaired) electrons. The summed E-state index contributed by atoms with van der Waals surface area (Å²) in [7, 11) is 0. The lowest BCUT2D eigenvalue weighted by atomic mass is 10.0. The molecule has 0 bridgehead atoms. The van der Waals surface area contributed by atoms with Gasteiger partial charge in [-0.2, -0.15) is 0 Å². The lowest BCUT2D eigenvalue weighted by Gasteiger charge is -2.03. The SMILES string of the molecule is NCCCCCCCCCCCCc1csc2ccccc12. The fourth-order valence-electron chi connectivity index (χ4n) is 3.10. The van der Waals surface area contributed by atoms with Crippen LogP contribution in [0.2, 0.25) is 0 Å². The van der Waals surface area contributed by atoms with Crippen molar-refractivity contribution < 1.29 is 0 Å². The molecule has 0 aliphatic heterocycles. The molecule has 1 nitrogen and oxygen atoms in total. The Bertz CT molecular complexity index is 517. The number of rotatable bonds is 12. The molecule has 0 saturated heterocycles. The van der Waals surface area contributed by atoms with E-state index in [-0.39, 0.29) is 0 Å². The topological polar surface area (TPSA) is 26.0 Å². The van der Waals surface area contributed by atoms with E-state index in [0.717, 1.165) is 6.54 Å². The van der Waals surface area contributed by atoms with Gasteiger partial charge in [-0.1, -0.05) is 69.6 Å². The van der Waals surface area contributed by atoms with Gasteiger partial charge in [0.1, 0.15) is 0 Å². The van der Waals surface area contributed by atoms with Crippen LogP contribution < -0.4 is 5.73 Å². The van der Waals surface area contributed by atoms with Gasteiger partial charge in [0.25, 0.3) is 0 Å². The summed E-state index contributed by atoms with van der Waals surface area (Å²) in [6, 6.07) is 8.80. The molecule has 0 spiro atoms. The number of hydrogen-bond acceptors (Lipinski definition) is 2. The summed E-state index contributed by atoms with van der Waals surface area (Å²) < 4.78 is 1.44. The standard InChI is InChI=1S/C20H31NS/c21-16-12-8-6-4-2-1-3-5-7-9-13-18-17-22-20-15-11-10-14-19(18)20/h10-11,14-15,17H,1-9,12-13,16,21H2. The van der Waals surface area contributed by atoms with E-state index in [1.807, 2.05) is 11.3 Å². The molecule has 1 heterocycles. The fourth-order valence-corrected chi connectivity index (χ4v) is 4.10. The molecule has 2 rings (SSSR count). The average Bonchev–Trinajstić information content (AvgIpc) is 2.96. The largest absolute Gasteiger partial charge is 0.330 e. The molecule has 122 valence electrons. The van der Waals surface area contributed by atoms with Gasteiger partial charge in [0.15, 0.2) is 0 Å². The lowest BCUT2D eigenvalue weighted by Crippen LogP contribution is -1.97. The van der Waals surface area contributed by atoms with Gasteiger partial charge >= 0.3 is 0 Å². The molecule has 22 heavy (non-hydrogen) atoms. The molecule has 1 aromatic heterocycles. The molecule has 0 fully saturated rings. The first-order valence-electron chi connectivity index (χ1n) is 9.07. The van der Waals surface area contributed by atoms with Crippen molar-refractivity contribution in [1.29, 1.82) is 0 Å². The minimum Gasteiger partial charge on any atom is -0.330 e. The molecule has 0 aliphatic carbocycles. The highest BCUT2D eigenvalue weighted by molar-refractivity contribution is 7.17. The number of hydrogen-bond donors (Lipinski definition) is 1. The Morgan fingerprint density at radius 1 is 0.727 bits per heavy atom. The van der Waals surface area contributed by atoms with Crippen molar-refractivity contribution in [3.63, 3.8) is 0 Å². The summed E-state index contributed by atoms with van der Waals surface area (Å²) in [5.41, 5.74) is 7.06. The Hall–Kier alpha value is -0.860. The number of aryl methyl sites for hydroxylation is 1. The van der Waals surface area contributed by atoms with Gasteiger partial charge in [-0.25, -0.2) is 0 Å². The lowest BCUT2D eigenvalue weighted by molar-refractivity contribution is 0.553. The van der Waals surface area contributed by atoms with Crippen LogP contribution in [-0.2, 0) is 6.42 Å². The van der Waals surface area contributed by atoms with Gasteiger partial charge in [-0.05, 0) is 48.2 Å². The van der Waals surface area contributed by atoms with E-state index in [4.69, 9.17) is 5.73 Å². The molecule has 1 aromatic carbocycles. The number of unbranched alkanes of at least 4 members (excludes halogenated alkanes) is 9. The van der Waals surface area contributed by atoms with Crippen molar-refractivity contribution in [2.75, 3.05) is 6.54 Å². The Morgan fingerprint density at radius 3 is 2.00 bits per heavy atom. The number of fused-ring (bicyclic) bond motifs is 1. The Morgan fingerprint density at radius 2 is 1.32 bits per heavy atom. The van der Waals surface area contributed by atoms with E-state index in [1.54, 1.807) is 5.56 Å². The molecule has 0 unspecified atom stereocenters. The third kappa shape index (κ3) is 6.10. The number of nitrogens with two attached hydrogens (primary N) is 1. The van der Waals surface area contributed by atoms with Crippen molar-refractivity contribution in [2.24, 2.45) is 5.73 Å². The highest BCUT2D eigenvalue weighted by atomic mass is 32.1. The molecule has 0 amide bonds. The molecule has 2 aromatic rings. The predicted octanol–water partition coefficient (Wildman–Crippen LogP) is 6.30. The highest BCUT2D eigenvalue weighted by Gasteiger charge is 2.02. The zero-order valence-electron chi connectivity index (χ0n) is 13.9. The van der Waals surface area contributed by atoms with Crippen LogP contribution in [-0.4, -0.2) is 6.54 Å². The first-order valence-corrected chi connectivity index (χ1v) is 9.95. The minimum absolute atomic E-state index is 0.861. The van der Waals surface area contributed by atoms with Gasteiger partial charge in [-0.15, -0.1) is 11.3 Å². The molecular weight excluding hydrogens is 286 g/mol. The van der Waals surface area contributed by atoms with Crippen molar-refractivity contribution in [2.45, 2.75) is 70.6 Å². The summed E-state index contributed by atoms with van der Waals surface area (Å²) in [5.74, 6) is 0. The summed E-state index contributed by atoms with van der Waals surface area (Å²) in [6.45, 7) is 0.861.